The Hall–Kier alpha value is -1.16. The van der Waals surface area contributed by atoms with Crippen molar-refractivity contribution in [1.82, 2.24) is 0 Å². The second-order valence-electron chi connectivity index (χ2n) is 4.16. The smallest absolute Gasteiger partial charge is 0.306 e. The molecule has 0 saturated carbocycles. The van der Waals surface area contributed by atoms with Gasteiger partial charge in [-0.3, -0.25) is 4.79 Å². The summed E-state index contributed by atoms with van der Waals surface area (Å²) in [4.78, 5) is 22.1. The van der Waals surface area contributed by atoms with Crippen molar-refractivity contribution >= 4 is 27.7 Å². The molecule has 18 heavy (non-hydrogen) atoms. The van der Waals surface area contributed by atoms with Crippen LogP contribution in [0.2, 0.25) is 0 Å². The molecule has 0 aliphatic carbocycles. The number of aryl methyl sites for hydroxylation is 1. The van der Waals surface area contributed by atoms with Crippen molar-refractivity contribution < 1.29 is 14.3 Å². The molecule has 0 fully saturated rings. The van der Waals surface area contributed by atoms with E-state index >= 15 is 0 Å². The molecule has 1 rings (SSSR count). The average molecular weight is 313 g/mol. The minimum atomic E-state index is -0.210. The summed E-state index contributed by atoms with van der Waals surface area (Å²) in [6, 6.07) is 7.86. The number of hydrogen-bond acceptors (Lipinski definition) is 3. The van der Waals surface area contributed by atoms with Crippen LogP contribution in [-0.2, 0) is 20.7 Å². The number of halogens is 1. The second kappa shape index (κ2) is 8.03. The van der Waals surface area contributed by atoms with E-state index in [2.05, 4.69) is 15.9 Å². The average Bonchev–Trinajstić information content (AvgIpc) is 2.32. The molecule has 4 heteroatoms. The second-order valence-corrected chi connectivity index (χ2v) is 5.07. The van der Waals surface area contributed by atoms with E-state index in [1.165, 1.54) is 6.92 Å². The number of ether oxygens (including phenoxy) is 1. The molecule has 3 nitrogen and oxygen atoms in total. The SMILES string of the molecule is CC(=O)CCCOC(=O)CCc1cccc(Br)c1. The fourth-order valence-corrected chi connectivity index (χ4v) is 1.96. The van der Waals surface area contributed by atoms with Crippen molar-refractivity contribution in [2.45, 2.75) is 32.6 Å². The zero-order valence-electron chi connectivity index (χ0n) is 10.4. The van der Waals surface area contributed by atoms with Gasteiger partial charge >= 0.3 is 5.97 Å². The van der Waals surface area contributed by atoms with Crippen molar-refractivity contribution in [3.8, 4) is 0 Å². The predicted octanol–water partition coefficient (Wildman–Crippen LogP) is 3.29. The molecule has 0 bridgehead atoms. The van der Waals surface area contributed by atoms with Crippen LogP contribution in [0.3, 0.4) is 0 Å². The molecule has 0 atom stereocenters. The number of esters is 1. The van der Waals surface area contributed by atoms with Crippen molar-refractivity contribution in [2.75, 3.05) is 6.61 Å². The zero-order chi connectivity index (χ0) is 13.4. The van der Waals surface area contributed by atoms with Gasteiger partial charge in [-0.05, 0) is 37.5 Å². The Bertz CT molecular complexity index is 415. The summed E-state index contributed by atoms with van der Waals surface area (Å²) < 4.78 is 6.05. The number of carbonyl (C=O) groups excluding carboxylic acids is 2. The van der Waals surface area contributed by atoms with Crippen LogP contribution in [0.1, 0.15) is 31.7 Å². The van der Waals surface area contributed by atoms with Crippen molar-refractivity contribution in [1.29, 1.82) is 0 Å². The Kier molecular flexibility index (Phi) is 6.65. The van der Waals surface area contributed by atoms with E-state index in [0.29, 0.717) is 32.3 Å². The van der Waals surface area contributed by atoms with Gasteiger partial charge in [-0.25, -0.2) is 0 Å². The highest BCUT2D eigenvalue weighted by molar-refractivity contribution is 9.10. The molecule has 0 aromatic heterocycles. The lowest BCUT2D eigenvalue weighted by Gasteiger charge is -2.04. The normalized spacial score (nSPS) is 10.1. The van der Waals surface area contributed by atoms with E-state index in [9.17, 15) is 9.59 Å². The third kappa shape index (κ3) is 6.55. The molecule has 0 amide bonds. The maximum absolute atomic E-state index is 11.4. The van der Waals surface area contributed by atoms with Crippen LogP contribution in [0.4, 0.5) is 0 Å². The van der Waals surface area contributed by atoms with E-state index in [1.807, 2.05) is 24.3 Å². The van der Waals surface area contributed by atoms with E-state index < -0.39 is 0 Å². The summed E-state index contributed by atoms with van der Waals surface area (Å²) in [5.74, 6) is -0.0845. The van der Waals surface area contributed by atoms with E-state index in [-0.39, 0.29) is 11.8 Å². The molecule has 0 saturated heterocycles. The molecular weight excluding hydrogens is 296 g/mol. The summed E-state index contributed by atoms with van der Waals surface area (Å²) in [5.41, 5.74) is 1.10. The monoisotopic (exact) mass is 312 g/mol. The van der Waals surface area contributed by atoms with Gasteiger partial charge in [0, 0.05) is 17.3 Å². The minimum Gasteiger partial charge on any atom is -0.466 e. The summed E-state index contributed by atoms with van der Waals surface area (Å²) >= 11 is 3.39. The molecule has 0 aliphatic heterocycles. The summed E-state index contributed by atoms with van der Waals surface area (Å²) in [6.07, 6.45) is 2.12. The minimum absolute atomic E-state index is 0.125. The Morgan fingerprint density at radius 2 is 2.06 bits per heavy atom. The lowest BCUT2D eigenvalue weighted by molar-refractivity contribution is -0.144. The van der Waals surface area contributed by atoms with E-state index in [4.69, 9.17) is 4.74 Å². The van der Waals surface area contributed by atoms with Crippen LogP contribution in [0, 0.1) is 0 Å². The third-order valence-corrected chi connectivity index (χ3v) is 2.94. The Morgan fingerprint density at radius 3 is 2.72 bits per heavy atom. The van der Waals surface area contributed by atoms with Crippen LogP contribution >= 0.6 is 15.9 Å². The first-order valence-corrected chi connectivity index (χ1v) is 6.77. The maximum Gasteiger partial charge on any atom is 0.306 e. The molecule has 0 N–H and O–H groups in total. The van der Waals surface area contributed by atoms with Gasteiger partial charge in [-0.2, -0.15) is 0 Å². The summed E-state index contributed by atoms with van der Waals surface area (Å²) in [5, 5.41) is 0. The number of carbonyl (C=O) groups is 2. The highest BCUT2D eigenvalue weighted by atomic mass is 79.9. The van der Waals surface area contributed by atoms with Crippen LogP contribution in [0.5, 0.6) is 0 Å². The Balaban J connectivity index is 2.19. The van der Waals surface area contributed by atoms with E-state index in [1.54, 1.807) is 0 Å². The molecule has 0 radical (unpaired) electrons. The lowest BCUT2D eigenvalue weighted by atomic mass is 10.1. The quantitative estimate of drug-likeness (QED) is 0.573. The third-order valence-electron chi connectivity index (χ3n) is 2.44. The number of rotatable bonds is 7. The summed E-state index contributed by atoms with van der Waals surface area (Å²) in [7, 11) is 0. The summed E-state index contributed by atoms with van der Waals surface area (Å²) in [6.45, 7) is 1.87. The number of Topliss-reactive ketones (excluding diaryl/α,β-unsaturated/α-hetero) is 1. The zero-order valence-corrected chi connectivity index (χ0v) is 12.0. The molecule has 0 aliphatic rings. The molecule has 0 spiro atoms. The highest BCUT2D eigenvalue weighted by Gasteiger charge is 2.04. The maximum atomic E-state index is 11.4. The van der Waals surface area contributed by atoms with Gasteiger partial charge in [0.25, 0.3) is 0 Å². The van der Waals surface area contributed by atoms with Gasteiger partial charge in [0.15, 0.2) is 0 Å². The Morgan fingerprint density at radius 1 is 1.28 bits per heavy atom. The van der Waals surface area contributed by atoms with Crippen molar-refractivity contribution in [3.05, 3.63) is 34.3 Å². The molecule has 1 aromatic carbocycles. The van der Waals surface area contributed by atoms with Crippen molar-refractivity contribution in [3.63, 3.8) is 0 Å². The van der Waals surface area contributed by atoms with Gasteiger partial charge in [-0.15, -0.1) is 0 Å². The number of hydrogen-bond donors (Lipinski definition) is 0. The molecular formula is C14H17BrO3. The van der Waals surface area contributed by atoms with Gasteiger partial charge in [0.1, 0.15) is 5.78 Å². The van der Waals surface area contributed by atoms with Gasteiger partial charge in [0.05, 0.1) is 6.61 Å². The topological polar surface area (TPSA) is 43.4 Å². The van der Waals surface area contributed by atoms with Crippen LogP contribution in [0.25, 0.3) is 0 Å². The Labute approximate surface area is 116 Å². The van der Waals surface area contributed by atoms with Crippen LogP contribution in [-0.4, -0.2) is 18.4 Å². The number of ketones is 1. The van der Waals surface area contributed by atoms with Crippen molar-refractivity contribution in [2.24, 2.45) is 0 Å². The molecule has 0 unspecified atom stereocenters. The van der Waals surface area contributed by atoms with Crippen LogP contribution < -0.4 is 0 Å². The first kappa shape index (κ1) is 14.9. The number of benzene rings is 1. The molecule has 1 aromatic rings. The molecule has 0 heterocycles. The molecule has 98 valence electrons. The lowest BCUT2D eigenvalue weighted by Crippen LogP contribution is -2.08. The van der Waals surface area contributed by atoms with E-state index in [0.717, 1.165) is 10.0 Å². The fourth-order valence-electron chi connectivity index (χ4n) is 1.52. The highest BCUT2D eigenvalue weighted by Crippen LogP contribution is 2.13. The van der Waals surface area contributed by atoms with Crippen LogP contribution in [0.15, 0.2) is 28.7 Å². The predicted molar refractivity (Wildman–Crippen MR) is 73.3 cm³/mol. The van der Waals surface area contributed by atoms with Gasteiger partial charge in [0.2, 0.25) is 0 Å². The van der Waals surface area contributed by atoms with Gasteiger partial charge < -0.3 is 9.53 Å². The fraction of sp³-hybridized carbons (Fsp3) is 0.429. The van der Waals surface area contributed by atoms with Gasteiger partial charge in [-0.1, -0.05) is 28.1 Å². The standard InChI is InChI=1S/C14H17BrO3/c1-11(16)4-3-9-18-14(17)8-7-12-5-2-6-13(15)10-12/h2,5-6,10H,3-4,7-9H2,1H3. The first-order chi connectivity index (χ1) is 8.58. The first-order valence-electron chi connectivity index (χ1n) is 5.97. The largest absolute Gasteiger partial charge is 0.466 e.